The molecular weight excluding hydrogens is 186 g/mol. The highest BCUT2D eigenvalue weighted by Crippen LogP contribution is 2.13. The molecule has 0 heterocycles. The Morgan fingerprint density at radius 2 is 1.93 bits per heavy atom. The number of ether oxygens (including phenoxy) is 1. The largest absolute Gasteiger partial charge is 0.497 e. The lowest BCUT2D eigenvalue weighted by molar-refractivity contribution is 0.414. The molecule has 0 aliphatic carbocycles. The van der Waals surface area contributed by atoms with Gasteiger partial charge >= 0.3 is 0 Å². The first-order valence-corrected chi connectivity index (χ1v) is 5.56. The lowest BCUT2D eigenvalue weighted by Gasteiger charge is -2.09. The van der Waals surface area contributed by atoms with Crippen molar-refractivity contribution < 1.29 is 4.74 Å². The molecule has 0 amide bonds. The zero-order valence-corrected chi connectivity index (χ0v) is 9.92. The highest BCUT2D eigenvalue weighted by atomic mass is 16.5. The van der Waals surface area contributed by atoms with E-state index in [9.17, 15) is 0 Å². The van der Waals surface area contributed by atoms with Gasteiger partial charge in [-0.1, -0.05) is 12.1 Å². The van der Waals surface area contributed by atoms with Crippen LogP contribution in [0.5, 0.6) is 5.75 Å². The zero-order valence-electron chi connectivity index (χ0n) is 9.92. The third-order valence-electron chi connectivity index (χ3n) is 2.75. The second-order valence-corrected chi connectivity index (χ2v) is 3.93. The lowest BCUT2D eigenvalue weighted by Crippen LogP contribution is -2.20. The maximum atomic E-state index is 5.12. The molecule has 15 heavy (non-hydrogen) atoms. The van der Waals surface area contributed by atoms with E-state index in [0.717, 1.165) is 12.2 Å². The summed E-state index contributed by atoms with van der Waals surface area (Å²) in [6.45, 7) is 2.22. The predicted octanol–water partition coefficient (Wildman–Crippen LogP) is 2.63. The van der Waals surface area contributed by atoms with Gasteiger partial charge in [-0.15, -0.1) is 0 Å². The van der Waals surface area contributed by atoms with E-state index in [-0.39, 0.29) is 0 Å². The van der Waals surface area contributed by atoms with Crippen LogP contribution in [0.25, 0.3) is 0 Å². The Balaban J connectivity index is 2.31. The molecule has 1 aromatic rings. The van der Waals surface area contributed by atoms with Crippen LogP contribution in [0.4, 0.5) is 0 Å². The summed E-state index contributed by atoms with van der Waals surface area (Å²) in [4.78, 5) is 0. The normalized spacial score (nSPS) is 12.5. The van der Waals surface area contributed by atoms with Gasteiger partial charge in [0, 0.05) is 6.04 Å². The summed E-state index contributed by atoms with van der Waals surface area (Å²) in [6.07, 6.45) is 3.60. The van der Waals surface area contributed by atoms with Gasteiger partial charge in [-0.25, -0.2) is 0 Å². The van der Waals surface area contributed by atoms with E-state index in [1.54, 1.807) is 7.11 Å². The van der Waals surface area contributed by atoms with Crippen LogP contribution in [0.3, 0.4) is 0 Å². The van der Waals surface area contributed by atoms with Crippen LogP contribution < -0.4 is 10.1 Å². The van der Waals surface area contributed by atoms with Crippen LogP contribution in [0.1, 0.15) is 25.3 Å². The van der Waals surface area contributed by atoms with Crippen LogP contribution in [-0.4, -0.2) is 20.2 Å². The Morgan fingerprint density at radius 3 is 2.47 bits per heavy atom. The summed E-state index contributed by atoms with van der Waals surface area (Å²) in [5.74, 6) is 0.933. The molecule has 1 rings (SSSR count). The number of hydrogen-bond acceptors (Lipinski definition) is 2. The van der Waals surface area contributed by atoms with Crippen LogP contribution >= 0.6 is 0 Å². The Labute approximate surface area is 92.6 Å². The fraction of sp³-hybridized carbons (Fsp3) is 0.538. The Morgan fingerprint density at radius 1 is 1.27 bits per heavy atom. The first-order chi connectivity index (χ1) is 7.26. The molecule has 1 aromatic carbocycles. The summed E-state index contributed by atoms with van der Waals surface area (Å²) in [6, 6.07) is 8.95. The molecule has 2 heteroatoms. The molecule has 1 atom stereocenters. The first-order valence-electron chi connectivity index (χ1n) is 5.56. The highest BCUT2D eigenvalue weighted by Gasteiger charge is 1.99. The molecule has 0 bridgehead atoms. The van der Waals surface area contributed by atoms with Crippen LogP contribution in [0.15, 0.2) is 24.3 Å². The molecule has 0 aromatic heterocycles. The van der Waals surface area contributed by atoms with E-state index in [4.69, 9.17) is 4.74 Å². The minimum absolute atomic E-state index is 0.614. The van der Waals surface area contributed by atoms with E-state index >= 15 is 0 Å². The maximum absolute atomic E-state index is 5.12. The fourth-order valence-corrected chi connectivity index (χ4v) is 1.55. The maximum Gasteiger partial charge on any atom is 0.118 e. The van der Waals surface area contributed by atoms with Crippen molar-refractivity contribution in [1.82, 2.24) is 5.32 Å². The molecule has 0 spiro atoms. The van der Waals surface area contributed by atoms with Gasteiger partial charge in [0.2, 0.25) is 0 Å². The monoisotopic (exact) mass is 207 g/mol. The summed E-state index contributed by atoms with van der Waals surface area (Å²) in [5, 5.41) is 3.25. The predicted molar refractivity (Wildman–Crippen MR) is 64.5 cm³/mol. The van der Waals surface area contributed by atoms with Crippen LogP contribution in [0, 0.1) is 0 Å². The zero-order chi connectivity index (χ0) is 11.1. The average molecular weight is 207 g/mol. The van der Waals surface area contributed by atoms with Gasteiger partial charge in [0.05, 0.1) is 7.11 Å². The van der Waals surface area contributed by atoms with Crippen molar-refractivity contribution in [2.75, 3.05) is 14.2 Å². The molecule has 0 saturated carbocycles. The number of methoxy groups -OCH3 is 1. The van der Waals surface area contributed by atoms with Crippen molar-refractivity contribution >= 4 is 0 Å². The van der Waals surface area contributed by atoms with Crippen molar-refractivity contribution in [3.63, 3.8) is 0 Å². The molecule has 0 aliphatic heterocycles. The fourth-order valence-electron chi connectivity index (χ4n) is 1.55. The molecule has 0 aliphatic rings. The van der Waals surface area contributed by atoms with Gasteiger partial charge in [-0.2, -0.15) is 0 Å². The Hall–Kier alpha value is -1.02. The van der Waals surface area contributed by atoms with Crippen molar-refractivity contribution in [3.8, 4) is 5.75 Å². The number of aryl methyl sites for hydroxylation is 1. The summed E-state index contributed by atoms with van der Waals surface area (Å²) >= 11 is 0. The minimum atomic E-state index is 0.614. The first kappa shape index (κ1) is 12.1. The van der Waals surface area contributed by atoms with Gasteiger partial charge in [0.25, 0.3) is 0 Å². The lowest BCUT2D eigenvalue weighted by atomic mass is 10.1. The molecule has 1 N–H and O–H groups in total. The van der Waals surface area contributed by atoms with E-state index in [2.05, 4.69) is 24.4 Å². The average Bonchev–Trinajstić information content (AvgIpc) is 2.29. The van der Waals surface area contributed by atoms with Crippen molar-refractivity contribution in [2.24, 2.45) is 0 Å². The minimum Gasteiger partial charge on any atom is -0.497 e. The molecule has 84 valence electrons. The standard InChI is InChI=1S/C13H21NO/c1-11(14-2)5-4-6-12-7-9-13(15-3)10-8-12/h7-11,14H,4-6H2,1-3H3. The molecular formula is C13H21NO. The second kappa shape index (κ2) is 6.46. The third-order valence-corrected chi connectivity index (χ3v) is 2.75. The second-order valence-electron chi connectivity index (χ2n) is 3.93. The van der Waals surface area contributed by atoms with E-state index in [1.807, 2.05) is 19.2 Å². The van der Waals surface area contributed by atoms with Crippen molar-refractivity contribution in [2.45, 2.75) is 32.2 Å². The topological polar surface area (TPSA) is 21.3 Å². The number of hydrogen-bond donors (Lipinski definition) is 1. The van der Waals surface area contributed by atoms with Gasteiger partial charge in [-0.3, -0.25) is 0 Å². The van der Waals surface area contributed by atoms with E-state index in [0.29, 0.717) is 6.04 Å². The number of benzene rings is 1. The van der Waals surface area contributed by atoms with Gasteiger partial charge in [0.15, 0.2) is 0 Å². The molecule has 0 fully saturated rings. The van der Waals surface area contributed by atoms with Gasteiger partial charge in [-0.05, 0) is 50.9 Å². The van der Waals surface area contributed by atoms with Gasteiger partial charge in [0.1, 0.15) is 5.75 Å². The van der Waals surface area contributed by atoms with Gasteiger partial charge < -0.3 is 10.1 Å². The van der Waals surface area contributed by atoms with E-state index in [1.165, 1.54) is 18.4 Å². The summed E-state index contributed by atoms with van der Waals surface area (Å²) < 4.78 is 5.12. The number of rotatable bonds is 6. The Kier molecular flexibility index (Phi) is 5.19. The van der Waals surface area contributed by atoms with Crippen molar-refractivity contribution in [1.29, 1.82) is 0 Å². The summed E-state index contributed by atoms with van der Waals surface area (Å²) in [5.41, 5.74) is 1.39. The Bertz CT molecular complexity index is 268. The summed E-state index contributed by atoms with van der Waals surface area (Å²) in [7, 11) is 3.71. The van der Waals surface area contributed by atoms with Crippen molar-refractivity contribution in [3.05, 3.63) is 29.8 Å². The smallest absolute Gasteiger partial charge is 0.118 e. The van der Waals surface area contributed by atoms with Crippen LogP contribution in [0.2, 0.25) is 0 Å². The molecule has 0 saturated heterocycles. The SMILES string of the molecule is CNC(C)CCCc1ccc(OC)cc1. The number of nitrogens with one attached hydrogen (secondary N) is 1. The van der Waals surface area contributed by atoms with E-state index < -0.39 is 0 Å². The third kappa shape index (κ3) is 4.34. The highest BCUT2D eigenvalue weighted by molar-refractivity contribution is 5.27. The molecule has 0 radical (unpaired) electrons. The molecule has 1 unspecified atom stereocenters. The molecule has 2 nitrogen and oxygen atoms in total. The quantitative estimate of drug-likeness (QED) is 0.774. The van der Waals surface area contributed by atoms with Crippen LogP contribution in [-0.2, 0) is 6.42 Å².